The molecule has 98 valence electrons. The van der Waals surface area contributed by atoms with Gasteiger partial charge in [0.1, 0.15) is 0 Å². The smallest absolute Gasteiger partial charge is 0.164 e. The van der Waals surface area contributed by atoms with Crippen molar-refractivity contribution in [3.8, 4) is 0 Å². The molecule has 2 nitrogen and oxygen atoms in total. The van der Waals surface area contributed by atoms with Gasteiger partial charge in [-0.3, -0.25) is 9.59 Å². The van der Waals surface area contributed by atoms with Crippen molar-refractivity contribution in [1.29, 1.82) is 0 Å². The van der Waals surface area contributed by atoms with E-state index in [0.717, 1.165) is 17.6 Å². The van der Waals surface area contributed by atoms with E-state index in [1.54, 1.807) is 0 Å². The van der Waals surface area contributed by atoms with Gasteiger partial charge in [-0.25, -0.2) is 0 Å². The summed E-state index contributed by atoms with van der Waals surface area (Å²) in [6.45, 7) is 4.13. The van der Waals surface area contributed by atoms with Crippen LogP contribution >= 0.6 is 0 Å². The monoisotopic (exact) mass is 254 g/mol. The maximum Gasteiger partial charge on any atom is 0.164 e. The fourth-order valence-corrected chi connectivity index (χ4v) is 4.55. The Bertz CT molecular complexity index is 590. The van der Waals surface area contributed by atoms with Crippen LogP contribution in [0.15, 0.2) is 34.9 Å². The molecule has 0 amide bonds. The molecule has 0 aromatic rings. The van der Waals surface area contributed by atoms with Crippen molar-refractivity contribution in [1.82, 2.24) is 0 Å². The number of carbonyl (C=O) groups is 2. The summed E-state index contributed by atoms with van der Waals surface area (Å²) < 4.78 is 0. The zero-order valence-electron chi connectivity index (χ0n) is 11.3. The Morgan fingerprint density at radius 1 is 1.05 bits per heavy atom. The lowest BCUT2D eigenvalue weighted by Gasteiger charge is -2.36. The molecule has 5 atom stereocenters. The Morgan fingerprint density at radius 3 is 2.37 bits per heavy atom. The second-order valence-corrected chi connectivity index (χ2v) is 6.49. The van der Waals surface area contributed by atoms with Gasteiger partial charge in [-0.05, 0) is 31.6 Å². The van der Waals surface area contributed by atoms with E-state index in [1.807, 2.05) is 0 Å². The van der Waals surface area contributed by atoms with Crippen LogP contribution in [0.2, 0.25) is 0 Å². The summed E-state index contributed by atoms with van der Waals surface area (Å²) in [7, 11) is 0. The summed E-state index contributed by atoms with van der Waals surface area (Å²) in [5.41, 5.74) is 2.90. The molecule has 0 radical (unpaired) electrons. The highest BCUT2D eigenvalue weighted by atomic mass is 16.1. The molecule has 2 heteroatoms. The normalized spacial score (nSPS) is 43.5. The molecule has 0 aromatic heterocycles. The third-order valence-corrected chi connectivity index (χ3v) is 5.70. The Balaban J connectivity index is 1.84. The molecule has 0 aliphatic heterocycles. The topological polar surface area (TPSA) is 34.1 Å². The van der Waals surface area contributed by atoms with E-state index in [4.69, 9.17) is 0 Å². The van der Waals surface area contributed by atoms with Crippen molar-refractivity contribution in [3.05, 3.63) is 34.9 Å². The number of ketones is 2. The Hall–Kier alpha value is -1.44. The van der Waals surface area contributed by atoms with Gasteiger partial charge in [0.15, 0.2) is 11.6 Å². The molecule has 19 heavy (non-hydrogen) atoms. The molecule has 0 saturated heterocycles. The first-order chi connectivity index (χ1) is 9.09. The molecule has 3 unspecified atom stereocenters. The minimum absolute atomic E-state index is 0.0414. The summed E-state index contributed by atoms with van der Waals surface area (Å²) in [5.74, 6) is 1.23. The van der Waals surface area contributed by atoms with Crippen LogP contribution in [0, 0.1) is 29.6 Å². The van der Waals surface area contributed by atoms with Gasteiger partial charge >= 0.3 is 0 Å². The standard InChI is InChI=1S/C17H18O2/c1-8-3-6-12-13(9(8)2)17(19)15-11-5-4-10(7-11)14(15)16(12)18/h3-5,9-11,14-15H,6-7H2,1-2H3/t9?,10-,11+,14?,15?/m0/s1. The minimum atomic E-state index is -0.0467. The van der Waals surface area contributed by atoms with Crippen LogP contribution in [-0.2, 0) is 9.59 Å². The van der Waals surface area contributed by atoms with Crippen LogP contribution in [0.4, 0.5) is 0 Å². The molecule has 0 heterocycles. The number of hydrogen-bond acceptors (Lipinski definition) is 2. The summed E-state index contributed by atoms with van der Waals surface area (Å²) in [6.07, 6.45) is 8.13. The quantitative estimate of drug-likeness (QED) is 0.623. The first-order valence-electron chi connectivity index (χ1n) is 7.26. The van der Waals surface area contributed by atoms with Crippen molar-refractivity contribution in [2.75, 3.05) is 0 Å². The van der Waals surface area contributed by atoms with Crippen molar-refractivity contribution in [2.45, 2.75) is 26.7 Å². The van der Waals surface area contributed by atoms with Gasteiger partial charge in [-0.2, -0.15) is 0 Å². The van der Waals surface area contributed by atoms with Gasteiger partial charge in [0.05, 0.1) is 0 Å². The zero-order chi connectivity index (χ0) is 13.3. The first kappa shape index (κ1) is 11.4. The summed E-state index contributed by atoms with van der Waals surface area (Å²) in [4.78, 5) is 25.6. The van der Waals surface area contributed by atoms with Gasteiger partial charge in [0.2, 0.25) is 0 Å². The molecule has 1 saturated carbocycles. The Kier molecular flexibility index (Phi) is 2.13. The molecule has 4 aliphatic carbocycles. The molecule has 1 fully saturated rings. The largest absolute Gasteiger partial charge is 0.294 e. The van der Waals surface area contributed by atoms with E-state index >= 15 is 0 Å². The Morgan fingerprint density at radius 2 is 1.68 bits per heavy atom. The van der Waals surface area contributed by atoms with Gasteiger partial charge < -0.3 is 0 Å². The van der Waals surface area contributed by atoms with Crippen LogP contribution in [0.3, 0.4) is 0 Å². The summed E-state index contributed by atoms with van der Waals surface area (Å²) in [6, 6.07) is 0. The molecular formula is C17H18O2. The lowest BCUT2D eigenvalue weighted by molar-refractivity contribution is -0.131. The SMILES string of the molecule is CC1=CCC2=C(C(=O)C3C(C2=O)[C@H]2C=C[C@@H]3C2)C1C. The van der Waals surface area contributed by atoms with Crippen LogP contribution in [0.1, 0.15) is 26.7 Å². The predicted octanol–water partition coefficient (Wildman–Crippen LogP) is 2.86. The highest BCUT2D eigenvalue weighted by molar-refractivity contribution is 6.15. The lowest BCUT2D eigenvalue weighted by atomic mass is 9.64. The van der Waals surface area contributed by atoms with E-state index in [1.165, 1.54) is 5.57 Å². The number of carbonyl (C=O) groups excluding carboxylic acids is 2. The van der Waals surface area contributed by atoms with E-state index in [-0.39, 0.29) is 29.3 Å². The highest BCUT2D eigenvalue weighted by Gasteiger charge is 2.55. The van der Waals surface area contributed by atoms with E-state index < -0.39 is 0 Å². The lowest BCUT2D eigenvalue weighted by Crippen LogP contribution is -2.42. The first-order valence-corrected chi connectivity index (χ1v) is 7.26. The van der Waals surface area contributed by atoms with Crippen molar-refractivity contribution in [2.24, 2.45) is 29.6 Å². The maximum absolute atomic E-state index is 12.9. The second kappa shape index (κ2) is 3.56. The molecule has 4 aliphatic rings. The fourth-order valence-electron chi connectivity index (χ4n) is 4.55. The van der Waals surface area contributed by atoms with Crippen LogP contribution in [0.25, 0.3) is 0 Å². The van der Waals surface area contributed by atoms with Gasteiger partial charge in [-0.1, -0.05) is 30.7 Å². The van der Waals surface area contributed by atoms with Gasteiger partial charge in [-0.15, -0.1) is 0 Å². The van der Waals surface area contributed by atoms with Crippen molar-refractivity contribution in [3.63, 3.8) is 0 Å². The average molecular weight is 254 g/mol. The van der Waals surface area contributed by atoms with Crippen molar-refractivity contribution < 1.29 is 9.59 Å². The number of allylic oxidation sites excluding steroid dienone is 6. The number of Topliss-reactive ketones (excluding diaryl/α,β-unsaturated/α-hetero) is 2. The minimum Gasteiger partial charge on any atom is -0.294 e. The van der Waals surface area contributed by atoms with Crippen molar-refractivity contribution >= 4 is 11.6 Å². The zero-order valence-corrected chi connectivity index (χ0v) is 11.3. The van der Waals surface area contributed by atoms with E-state index in [0.29, 0.717) is 18.3 Å². The summed E-state index contributed by atoms with van der Waals surface area (Å²) >= 11 is 0. The summed E-state index contributed by atoms with van der Waals surface area (Å²) in [5, 5.41) is 0. The molecule has 0 spiro atoms. The van der Waals surface area contributed by atoms with E-state index in [2.05, 4.69) is 32.1 Å². The van der Waals surface area contributed by atoms with Gasteiger partial charge in [0, 0.05) is 28.9 Å². The highest BCUT2D eigenvalue weighted by Crippen LogP contribution is 2.54. The third-order valence-electron chi connectivity index (χ3n) is 5.70. The predicted molar refractivity (Wildman–Crippen MR) is 72.3 cm³/mol. The molecule has 4 rings (SSSR count). The second-order valence-electron chi connectivity index (χ2n) is 6.49. The van der Waals surface area contributed by atoms with E-state index in [9.17, 15) is 9.59 Å². The molecular weight excluding hydrogens is 236 g/mol. The third kappa shape index (κ3) is 1.27. The molecule has 0 aromatic carbocycles. The maximum atomic E-state index is 12.9. The Labute approximate surface area is 113 Å². The van der Waals surface area contributed by atoms with Gasteiger partial charge in [0.25, 0.3) is 0 Å². The van der Waals surface area contributed by atoms with Crippen LogP contribution < -0.4 is 0 Å². The fraction of sp³-hybridized carbons (Fsp3) is 0.529. The van der Waals surface area contributed by atoms with Crippen LogP contribution in [-0.4, -0.2) is 11.6 Å². The number of hydrogen-bond donors (Lipinski definition) is 0. The van der Waals surface area contributed by atoms with Crippen LogP contribution in [0.5, 0.6) is 0 Å². The molecule has 0 N–H and O–H groups in total. The number of fused-ring (bicyclic) bond motifs is 5. The number of rotatable bonds is 0. The average Bonchev–Trinajstić information content (AvgIpc) is 2.99. The molecule has 2 bridgehead atoms.